The molecule has 29 heavy (non-hydrogen) atoms. The summed E-state index contributed by atoms with van der Waals surface area (Å²) >= 11 is 0. The summed E-state index contributed by atoms with van der Waals surface area (Å²) in [4.78, 5) is 11.4. The Kier molecular flexibility index (Phi) is 9.82. The Morgan fingerprint density at radius 3 is 2.86 bits per heavy atom. The molecule has 0 spiro atoms. The van der Waals surface area contributed by atoms with Gasteiger partial charge in [-0.05, 0) is 25.0 Å². The number of halogens is 1. The van der Waals surface area contributed by atoms with Crippen LogP contribution in [0.4, 0.5) is 0 Å². The van der Waals surface area contributed by atoms with Crippen LogP contribution in [0.15, 0.2) is 35.6 Å². The summed E-state index contributed by atoms with van der Waals surface area (Å²) in [6, 6.07) is 8.67. The van der Waals surface area contributed by atoms with Crippen molar-refractivity contribution in [3.8, 4) is 0 Å². The van der Waals surface area contributed by atoms with Crippen molar-refractivity contribution in [2.45, 2.75) is 39.6 Å². The van der Waals surface area contributed by atoms with Gasteiger partial charge < -0.3 is 15.4 Å². The molecule has 0 radical (unpaired) electrons. The SMILES string of the molecule is CCNC(=NCc1cccc(CN2CCOC(C)C2)c1)NCc1ncnn1C.I. The number of aryl methyl sites for hydroxylation is 1. The quantitative estimate of drug-likeness (QED) is 0.335. The second kappa shape index (κ2) is 12.1. The second-order valence-electron chi connectivity index (χ2n) is 7.09. The highest BCUT2D eigenvalue weighted by atomic mass is 127. The van der Waals surface area contributed by atoms with Crippen LogP contribution in [0.3, 0.4) is 0 Å². The van der Waals surface area contributed by atoms with E-state index < -0.39 is 0 Å². The first kappa shape index (κ1) is 23.6. The van der Waals surface area contributed by atoms with Crippen molar-refractivity contribution >= 4 is 29.9 Å². The van der Waals surface area contributed by atoms with Gasteiger partial charge in [-0.15, -0.1) is 24.0 Å². The number of hydrogen-bond acceptors (Lipinski definition) is 5. The van der Waals surface area contributed by atoms with Crippen LogP contribution in [0.5, 0.6) is 0 Å². The molecule has 1 aliphatic heterocycles. The highest BCUT2D eigenvalue weighted by molar-refractivity contribution is 14.0. The number of aliphatic imine (C=N–C) groups is 1. The van der Waals surface area contributed by atoms with Crippen molar-refractivity contribution in [1.82, 2.24) is 30.3 Å². The molecule has 3 rings (SSSR count). The largest absolute Gasteiger partial charge is 0.376 e. The van der Waals surface area contributed by atoms with E-state index in [0.29, 0.717) is 19.2 Å². The molecule has 2 heterocycles. The van der Waals surface area contributed by atoms with Gasteiger partial charge in [0.2, 0.25) is 0 Å². The summed E-state index contributed by atoms with van der Waals surface area (Å²) in [6.45, 7) is 9.95. The van der Waals surface area contributed by atoms with Gasteiger partial charge in [-0.25, -0.2) is 9.98 Å². The number of guanidine groups is 1. The molecule has 1 unspecified atom stereocenters. The summed E-state index contributed by atoms with van der Waals surface area (Å²) in [6.07, 6.45) is 1.87. The monoisotopic (exact) mass is 513 g/mol. The molecule has 1 atom stereocenters. The minimum absolute atomic E-state index is 0. The Morgan fingerprint density at radius 2 is 2.14 bits per heavy atom. The van der Waals surface area contributed by atoms with Crippen LogP contribution in [0, 0.1) is 0 Å². The smallest absolute Gasteiger partial charge is 0.191 e. The molecule has 0 bridgehead atoms. The van der Waals surface area contributed by atoms with Crippen LogP contribution in [0.2, 0.25) is 0 Å². The molecule has 1 aliphatic rings. The van der Waals surface area contributed by atoms with Gasteiger partial charge in [-0.2, -0.15) is 5.10 Å². The van der Waals surface area contributed by atoms with E-state index in [0.717, 1.165) is 44.6 Å². The molecular weight excluding hydrogens is 481 g/mol. The lowest BCUT2D eigenvalue weighted by Crippen LogP contribution is -2.40. The Balaban J connectivity index is 0.00000300. The molecule has 1 saturated heterocycles. The third-order valence-corrected chi connectivity index (χ3v) is 4.71. The summed E-state index contributed by atoms with van der Waals surface area (Å²) in [5, 5.41) is 10.7. The molecule has 2 N–H and O–H groups in total. The standard InChI is InChI=1S/C20H31N7O.HI/c1-4-21-20(23-12-19-24-15-25-26(19)3)22-11-17-6-5-7-18(10-17)14-27-8-9-28-16(2)13-27;/h5-7,10,15-16H,4,8-9,11-14H2,1-3H3,(H2,21,22,23);1H. The fourth-order valence-corrected chi connectivity index (χ4v) is 3.27. The highest BCUT2D eigenvalue weighted by Crippen LogP contribution is 2.12. The number of nitrogens with zero attached hydrogens (tertiary/aromatic N) is 5. The second-order valence-corrected chi connectivity index (χ2v) is 7.09. The van der Waals surface area contributed by atoms with Gasteiger partial charge >= 0.3 is 0 Å². The molecular formula is C20H32IN7O. The topological polar surface area (TPSA) is 79.6 Å². The van der Waals surface area contributed by atoms with Crippen LogP contribution in [-0.4, -0.2) is 58.0 Å². The van der Waals surface area contributed by atoms with Crippen molar-refractivity contribution in [3.63, 3.8) is 0 Å². The average Bonchev–Trinajstić information content (AvgIpc) is 3.09. The zero-order valence-electron chi connectivity index (χ0n) is 17.5. The predicted octanol–water partition coefficient (Wildman–Crippen LogP) is 1.91. The first-order valence-corrected chi connectivity index (χ1v) is 9.91. The maximum Gasteiger partial charge on any atom is 0.191 e. The summed E-state index contributed by atoms with van der Waals surface area (Å²) in [7, 11) is 1.88. The van der Waals surface area contributed by atoms with Crippen molar-refractivity contribution in [2.24, 2.45) is 12.0 Å². The first-order chi connectivity index (χ1) is 13.6. The number of nitrogens with one attached hydrogen (secondary N) is 2. The van der Waals surface area contributed by atoms with Gasteiger partial charge in [0, 0.05) is 33.2 Å². The Bertz CT molecular complexity index is 780. The van der Waals surface area contributed by atoms with E-state index in [2.05, 4.69) is 63.7 Å². The zero-order valence-corrected chi connectivity index (χ0v) is 19.8. The van der Waals surface area contributed by atoms with E-state index in [9.17, 15) is 0 Å². The van der Waals surface area contributed by atoms with Crippen LogP contribution >= 0.6 is 24.0 Å². The lowest BCUT2D eigenvalue weighted by Gasteiger charge is -2.31. The van der Waals surface area contributed by atoms with Crippen LogP contribution in [-0.2, 0) is 31.4 Å². The third kappa shape index (κ3) is 7.56. The van der Waals surface area contributed by atoms with Crippen molar-refractivity contribution in [2.75, 3.05) is 26.2 Å². The summed E-state index contributed by atoms with van der Waals surface area (Å²) in [5.74, 6) is 1.64. The van der Waals surface area contributed by atoms with E-state index in [1.54, 1.807) is 11.0 Å². The Morgan fingerprint density at radius 1 is 1.31 bits per heavy atom. The van der Waals surface area contributed by atoms with Gasteiger partial charge in [0.25, 0.3) is 0 Å². The van der Waals surface area contributed by atoms with Crippen LogP contribution < -0.4 is 10.6 Å². The number of ether oxygens (including phenoxy) is 1. The number of morpholine rings is 1. The van der Waals surface area contributed by atoms with E-state index in [1.807, 2.05) is 7.05 Å². The number of benzene rings is 1. The molecule has 9 heteroatoms. The number of aromatic nitrogens is 3. The van der Waals surface area contributed by atoms with E-state index in [1.165, 1.54) is 11.1 Å². The Labute approximate surface area is 190 Å². The highest BCUT2D eigenvalue weighted by Gasteiger charge is 2.16. The van der Waals surface area contributed by atoms with Crippen LogP contribution in [0.1, 0.15) is 30.8 Å². The van der Waals surface area contributed by atoms with E-state index in [-0.39, 0.29) is 24.0 Å². The van der Waals surface area contributed by atoms with E-state index in [4.69, 9.17) is 9.73 Å². The van der Waals surface area contributed by atoms with Crippen molar-refractivity contribution in [1.29, 1.82) is 0 Å². The molecule has 1 fully saturated rings. The van der Waals surface area contributed by atoms with Gasteiger partial charge in [0.1, 0.15) is 12.2 Å². The summed E-state index contributed by atoms with van der Waals surface area (Å²) < 4.78 is 7.39. The van der Waals surface area contributed by atoms with Crippen molar-refractivity contribution in [3.05, 3.63) is 47.5 Å². The van der Waals surface area contributed by atoms with E-state index >= 15 is 0 Å². The fraction of sp³-hybridized carbons (Fsp3) is 0.550. The minimum atomic E-state index is 0. The van der Waals surface area contributed by atoms with Gasteiger partial charge in [-0.3, -0.25) is 9.58 Å². The van der Waals surface area contributed by atoms with Gasteiger partial charge in [-0.1, -0.05) is 24.3 Å². The summed E-state index contributed by atoms with van der Waals surface area (Å²) in [5.41, 5.74) is 2.52. The number of hydrogen-bond donors (Lipinski definition) is 2. The predicted molar refractivity (Wildman–Crippen MR) is 125 cm³/mol. The molecule has 0 aliphatic carbocycles. The van der Waals surface area contributed by atoms with Crippen LogP contribution in [0.25, 0.3) is 0 Å². The van der Waals surface area contributed by atoms with Gasteiger partial charge in [0.15, 0.2) is 5.96 Å². The average molecular weight is 513 g/mol. The first-order valence-electron chi connectivity index (χ1n) is 9.91. The maximum absolute atomic E-state index is 5.63. The maximum atomic E-state index is 5.63. The molecule has 1 aromatic carbocycles. The van der Waals surface area contributed by atoms with Crippen molar-refractivity contribution < 1.29 is 4.74 Å². The molecule has 0 amide bonds. The zero-order chi connectivity index (χ0) is 19.8. The normalized spacial score (nSPS) is 17.6. The Hall–Kier alpha value is -1.72. The lowest BCUT2D eigenvalue weighted by atomic mass is 10.1. The molecule has 1 aromatic heterocycles. The fourth-order valence-electron chi connectivity index (χ4n) is 3.27. The lowest BCUT2D eigenvalue weighted by molar-refractivity contribution is -0.0212. The molecule has 2 aromatic rings. The molecule has 0 saturated carbocycles. The van der Waals surface area contributed by atoms with Gasteiger partial charge in [0.05, 0.1) is 25.8 Å². The molecule has 8 nitrogen and oxygen atoms in total. The number of rotatable bonds is 7. The molecule has 160 valence electrons. The minimum Gasteiger partial charge on any atom is -0.376 e. The third-order valence-electron chi connectivity index (χ3n) is 4.71.